The van der Waals surface area contributed by atoms with E-state index in [4.69, 9.17) is 18.9 Å². The standard InChI is InChI=1S/C26H30O6/c1-7-17-9-11-19-21(13-17)24(32-26(28)30-16(5)6)22-14-18(8-2)10-12-20(22)23(19)31-25(27)29-15(3)4/h9-16H,7-8H2,1-6H3. The number of ether oxygens (including phenoxy) is 4. The molecular weight excluding hydrogens is 408 g/mol. The second-order valence-electron chi connectivity index (χ2n) is 8.16. The van der Waals surface area contributed by atoms with E-state index in [1.807, 2.05) is 50.2 Å². The molecule has 6 nitrogen and oxygen atoms in total. The Morgan fingerprint density at radius 3 is 1.38 bits per heavy atom. The molecule has 0 aromatic heterocycles. The highest BCUT2D eigenvalue weighted by Gasteiger charge is 2.22. The van der Waals surface area contributed by atoms with Crippen molar-refractivity contribution >= 4 is 33.9 Å². The van der Waals surface area contributed by atoms with Crippen LogP contribution < -0.4 is 9.47 Å². The van der Waals surface area contributed by atoms with Crippen molar-refractivity contribution in [2.24, 2.45) is 0 Å². The minimum atomic E-state index is -0.783. The van der Waals surface area contributed by atoms with Crippen LogP contribution in [0, 0.1) is 0 Å². The summed E-state index contributed by atoms with van der Waals surface area (Å²) in [5.74, 6) is 0.756. The van der Waals surface area contributed by atoms with Crippen LogP contribution in [0.15, 0.2) is 36.4 Å². The molecule has 0 fully saturated rings. The van der Waals surface area contributed by atoms with E-state index in [1.54, 1.807) is 27.7 Å². The zero-order valence-corrected chi connectivity index (χ0v) is 19.5. The Morgan fingerprint density at radius 1 is 0.656 bits per heavy atom. The molecule has 0 bridgehead atoms. The van der Waals surface area contributed by atoms with Crippen LogP contribution in [0.2, 0.25) is 0 Å². The quantitative estimate of drug-likeness (QED) is 0.235. The first-order valence-electron chi connectivity index (χ1n) is 11.0. The van der Waals surface area contributed by atoms with Crippen molar-refractivity contribution < 1.29 is 28.5 Å². The van der Waals surface area contributed by atoms with Gasteiger partial charge in [0.1, 0.15) is 11.5 Å². The number of fused-ring (bicyclic) bond motifs is 2. The molecule has 6 heteroatoms. The van der Waals surface area contributed by atoms with E-state index >= 15 is 0 Å². The molecule has 0 radical (unpaired) electrons. The molecule has 0 saturated carbocycles. The summed E-state index contributed by atoms with van der Waals surface area (Å²) in [6.07, 6.45) is -0.596. The van der Waals surface area contributed by atoms with Gasteiger partial charge in [-0.15, -0.1) is 0 Å². The number of hydrogen-bond donors (Lipinski definition) is 0. The molecule has 0 aliphatic rings. The minimum absolute atomic E-state index is 0.313. The van der Waals surface area contributed by atoms with Crippen molar-refractivity contribution in [3.63, 3.8) is 0 Å². The Labute approximate surface area is 188 Å². The van der Waals surface area contributed by atoms with Crippen LogP contribution in [0.25, 0.3) is 21.5 Å². The van der Waals surface area contributed by atoms with Crippen molar-refractivity contribution in [2.75, 3.05) is 0 Å². The first kappa shape index (κ1) is 23.4. The fourth-order valence-corrected chi connectivity index (χ4v) is 3.50. The Balaban J connectivity index is 2.31. The fourth-order valence-electron chi connectivity index (χ4n) is 3.50. The normalized spacial score (nSPS) is 11.2. The molecule has 3 rings (SSSR count). The zero-order valence-electron chi connectivity index (χ0n) is 19.5. The van der Waals surface area contributed by atoms with Crippen LogP contribution >= 0.6 is 0 Å². The molecule has 0 unspecified atom stereocenters. The summed E-state index contributed by atoms with van der Waals surface area (Å²) in [5.41, 5.74) is 2.11. The molecule has 0 spiro atoms. The summed E-state index contributed by atoms with van der Waals surface area (Å²) >= 11 is 0. The van der Waals surface area contributed by atoms with E-state index in [-0.39, 0.29) is 12.2 Å². The van der Waals surface area contributed by atoms with Gasteiger partial charge in [-0.2, -0.15) is 0 Å². The van der Waals surface area contributed by atoms with Gasteiger partial charge >= 0.3 is 12.3 Å². The third-order valence-corrected chi connectivity index (χ3v) is 5.00. The van der Waals surface area contributed by atoms with Gasteiger partial charge in [-0.25, -0.2) is 9.59 Å². The lowest BCUT2D eigenvalue weighted by Crippen LogP contribution is -2.17. The molecule has 0 saturated heterocycles. The van der Waals surface area contributed by atoms with Crippen molar-refractivity contribution in [3.05, 3.63) is 47.5 Å². The average Bonchev–Trinajstić information content (AvgIpc) is 2.74. The molecule has 3 aromatic carbocycles. The van der Waals surface area contributed by atoms with Gasteiger partial charge in [0, 0.05) is 21.5 Å². The van der Waals surface area contributed by atoms with Gasteiger partial charge in [0.15, 0.2) is 0 Å². The predicted octanol–water partition coefficient (Wildman–Crippen LogP) is 6.97. The van der Waals surface area contributed by atoms with E-state index in [0.717, 1.165) is 24.0 Å². The third-order valence-electron chi connectivity index (χ3n) is 5.00. The third kappa shape index (κ3) is 5.13. The lowest BCUT2D eigenvalue weighted by atomic mass is 9.96. The lowest BCUT2D eigenvalue weighted by Gasteiger charge is -2.18. The van der Waals surface area contributed by atoms with E-state index in [0.29, 0.717) is 33.0 Å². The largest absolute Gasteiger partial charge is 0.514 e. The second kappa shape index (κ2) is 9.90. The van der Waals surface area contributed by atoms with Gasteiger partial charge in [0.05, 0.1) is 12.2 Å². The topological polar surface area (TPSA) is 71.1 Å². The summed E-state index contributed by atoms with van der Waals surface area (Å²) in [5, 5.41) is 2.62. The molecule has 0 N–H and O–H groups in total. The van der Waals surface area contributed by atoms with Crippen LogP contribution in [-0.2, 0) is 22.3 Å². The summed E-state index contributed by atoms with van der Waals surface area (Å²) < 4.78 is 21.9. The molecule has 32 heavy (non-hydrogen) atoms. The Hall–Kier alpha value is -3.28. The highest BCUT2D eigenvalue weighted by atomic mass is 16.7. The molecular formula is C26H30O6. The van der Waals surface area contributed by atoms with Gasteiger partial charge in [0.2, 0.25) is 0 Å². The summed E-state index contributed by atoms with van der Waals surface area (Å²) in [6, 6.07) is 11.6. The number of rotatable bonds is 6. The van der Waals surface area contributed by atoms with Gasteiger partial charge in [-0.3, -0.25) is 0 Å². The second-order valence-corrected chi connectivity index (χ2v) is 8.16. The highest BCUT2D eigenvalue weighted by molar-refractivity contribution is 6.12. The maximum absolute atomic E-state index is 12.5. The zero-order chi connectivity index (χ0) is 23.4. The molecule has 0 aliphatic carbocycles. The predicted molar refractivity (Wildman–Crippen MR) is 125 cm³/mol. The fraction of sp³-hybridized carbons (Fsp3) is 0.385. The Bertz CT molecular complexity index is 1080. The van der Waals surface area contributed by atoms with E-state index in [1.165, 1.54) is 0 Å². The number of aryl methyl sites for hydroxylation is 2. The van der Waals surface area contributed by atoms with E-state index in [2.05, 4.69) is 0 Å². The van der Waals surface area contributed by atoms with E-state index in [9.17, 15) is 9.59 Å². The number of carbonyl (C=O) groups is 2. The van der Waals surface area contributed by atoms with Gasteiger partial charge in [0.25, 0.3) is 0 Å². The average molecular weight is 439 g/mol. The van der Waals surface area contributed by atoms with Crippen LogP contribution in [0.4, 0.5) is 9.59 Å². The lowest BCUT2D eigenvalue weighted by molar-refractivity contribution is 0.0719. The highest BCUT2D eigenvalue weighted by Crippen LogP contribution is 2.44. The smallest absolute Gasteiger partial charge is 0.431 e. The number of carbonyl (C=O) groups excluding carboxylic acids is 2. The summed E-state index contributed by atoms with van der Waals surface area (Å²) in [7, 11) is 0. The first-order chi connectivity index (χ1) is 15.2. The van der Waals surface area contributed by atoms with Gasteiger partial charge in [-0.1, -0.05) is 38.1 Å². The van der Waals surface area contributed by atoms with Crippen molar-refractivity contribution in [3.8, 4) is 11.5 Å². The van der Waals surface area contributed by atoms with Crippen molar-refractivity contribution in [2.45, 2.75) is 66.6 Å². The number of hydrogen-bond acceptors (Lipinski definition) is 6. The summed E-state index contributed by atoms with van der Waals surface area (Å²) in [4.78, 5) is 24.8. The van der Waals surface area contributed by atoms with Crippen LogP contribution in [0.1, 0.15) is 52.7 Å². The monoisotopic (exact) mass is 438 g/mol. The molecule has 0 amide bonds. The van der Waals surface area contributed by atoms with Crippen LogP contribution in [0.5, 0.6) is 11.5 Å². The molecule has 0 atom stereocenters. The first-order valence-corrected chi connectivity index (χ1v) is 11.0. The van der Waals surface area contributed by atoms with Crippen molar-refractivity contribution in [1.29, 1.82) is 0 Å². The number of benzene rings is 3. The van der Waals surface area contributed by atoms with Crippen molar-refractivity contribution in [1.82, 2.24) is 0 Å². The Kier molecular flexibility index (Phi) is 7.23. The van der Waals surface area contributed by atoms with Crippen LogP contribution in [-0.4, -0.2) is 24.5 Å². The molecule has 170 valence electrons. The summed E-state index contributed by atoms with van der Waals surface area (Å²) in [6.45, 7) is 11.1. The van der Waals surface area contributed by atoms with E-state index < -0.39 is 12.3 Å². The molecule has 3 aromatic rings. The maximum Gasteiger partial charge on any atom is 0.514 e. The van der Waals surface area contributed by atoms with Gasteiger partial charge in [-0.05, 0) is 63.8 Å². The van der Waals surface area contributed by atoms with Crippen LogP contribution in [0.3, 0.4) is 0 Å². The SMILES string of the molecule is CCc1ccc2c(OC(=O)OC(C)C)c3ccc(CC)cc3c(OC(=O)OC(C)C)c2c1. The Morgan fingerprint density at radius 2 is 1.03 bits per heavy atom. The molecule has 0 aliphatic heterocycles. The molecule has 0 heterocycles. The maximum atomic E-state index is 12.5. The minimum Gasteiger partial charge on any atom is -0.431 e. The van der Waals surface area contributed by atoms with Gasteiger partial charge < -0.3 is 18.9 Å².